The number of benzene rings is 1. The molecule has 1 saturated heterocycles. The fourth-order valence-corrected chi connectivity index (χ4v) is 4.35. The van der Waals surface area contributed by atoms with E-state index in [9.17, 15) is 9.90 Å². The number of likely N-dealkylation sites (tertiary alicyclic amines) is 1. The van der Waals surface area contributed by atoms with Crippen LogP contribution in [0.25, 0.3) is 0 Å². The van der Waals surface area contributed by atoms with Gasteiger partial charge in [-0.3, -0.25) is 4.79 Å². The lowest BCUT2D eigenvalue weighted by Crippen LogP contribution is -2.41. The number of nitrogens with zero attached hydrogens (tertiary/aromatic N) is 1. The minimum Gasteiger partial charge on any atom is -0.393 e. The van der Waals surface area contributed by atoms with Crippen LogP contribution in [0.4, 0.5) is 0 Å². The highest BCUT2D eigenvalue weighted by molar-refractivity contribution is 5.85. The highest BCUT2D eigenvalue weighted by Crippen LogP contribution is 2.39. The summed E-state index contributed by atoms with van der Waals surface area (Å²) in [5.74, 6) is 0.985. The van der Waals surface area contributed by atoms with E-state index in [0.717, 1.165) is 39.0 Å². The van der Waals surface area contributed by atoms with Crippen molar-refractivity contribution in [1.82, 2.24) is 10.2 Å². The first-order chi connectivity index (χ1) is 10.2. The second kappa shape index (κ2) is 5.11. The molecule has 1 aromatic carbocycles. The summed E-state index contributed by atoms with van der Waals surface area (Å²) in [6.07, 6.45) is 1.77. The summed E-state index contributed by atoms with van der Waals surface area (Å²) in [6.45, 7) is 3.15. The maximum atomic E-state index is 12.9. The Bertz CT molecular complexity index is 559. The van der Waals surface area contributed by atoms with Crippen molar-refractivity contribution >= 4 is 5.91 Å². The Hall–Kier alpha value is -1.39. The molecule has 0 spiro atoms. The van der Waals surface area contributed by atoms with Crippen molar-refractivity contribution in [3.8, 4) is 0 Å². The molecule has 4 unspecified atom stereocenters. The first kappa shape index (κ1) is 13.3. The molecule has 2 fully saturated rings. The van der Waals surface area contributed by atoms with Crippen LogP contribution in [-0.4, -0.2) is 41.7 Å². The van der Waals surface area contributed by atoms with Crippen LogP contribution in [0, 0.1) is 11.8 Å². The largest absolute Gasteiger partial charge is 0.393 e. The molecular weight excluding hydrogens is 264 g/mol. The van der Waals surface area contributed by atoms with Gasteiger partial charge >= 0.3 is 0 Å². The molecule has 2 N–H and O–H groups in total. The molecule has 1 amide bonds. The van der Waals surface area contributed by atoms with Crippen LogP contribution in [-0.2, 0) is 11.3 Å². The van der Waals surface area contributed by atoms with Crippen molar-refractivity contribution in [2.45, 2.75) is 31.4 Å². The van der Waals surface area contributed by atoms with Crippen LogP contribution in [0.15, 0.2) is 24.3 Å². The van der Waals surface area contributed by atoms with Crippen molar-refractivity contribution in [3.63, 3.8) is 0 Å². The van der Waals surface area contributed by atoms with Gasteiger partial charge in [0.25, 0.3) is 0 Å². The number of aliphatic hydroxyl groups is 1. The van der Waals surface area contributed by atoms with Gasteiger partial charge in [-0.05, 0) is 29.9 Å². The smallest absolute Gasteiger partial charge is 0.231 e. The summed E-state index contributed by atoms with van der Waals surface area (Å²) in [6, 6.07) is 8.24. The fraction of sp³-hybridized carbons (Fsp3) is 0.588. The predicted molar refractivity (Wildman–Crippen MR) is 79.7 cm³/mol. The molecule has 21 heavy (non-hydrogen) atoms. The predicted octanol–water partition coefficient (Wildman–Crippen LogP) is 1.10. The number of carbonyl (C=O) groups excluding carboxylic acids is 1. The molecule has 1 saturated carbocycles. The maximum absolute atomic E-state index is 12.9. The van der Waals surface area contributed by atoms with E-state index >= 15 is 0 Å². The van der Waals surface area contributed by atoms with Gasteiger partial charge in [0, 0.05) is 32.1 Å². The van der Waals surface area contributed by atoms with E-state index in [4.69, 9.17) is 0 Å². The summed E-state index contributed by atoms with van der Waals surface area (Å²) in [5, 5.41) is 13.4. The topological polar surface area (TPSA) is 52.6 Å². The lowest BCUT2D eigenvalue weighted by molar-refractivity contribution is -0.132. The Balaban J connectivity index is 1.54. The molecule has 4 rings (SSSR count). The molecule has 112 valence electrons. The first-order valence-corrected chi connectivity index (χ1v) is 7.99. The first-order valence-electron chi connectivity index (χ1n) is 7.99. The number of carbonyl (C=O) groups is 1. The highest BCUT2D eigenvalue weighted by Gasteiger charge is 2.44. The molecule has 0 radical (unpaired) electrons. The van der Waals surface area contributed by atoms with Crippen LogP contribution >= 0.6 is 0 Å². The lowest BCUT2D eigenvalue weighted by Gasteiger charge is -2.29. The zero-order valence-corrected chi connectivity index (χ0v) is 12.2. The van der Waals surface area contributed by atoms with Crippen LogP contribution < -0.4 is 5.32 Å². The summed E-state index contributed by atoms with van der Waals surface area (Å²) in [4.78, 5) is 14.9. The average molecular weight is 286 g/mol. The van der Waals surface area contributed by atoms with Crippen molar-refractivity contribution in [2.24, 2.45) is 11.8 Å². The third-order valence-corrected chi connectivity index (χ3v) is 5.52. The minimum absolute atomic E-state index is 0.0640. The Morgan fingerprint density at radius 3 is 2.95 bits per heavy atom. The molecule has 4 atom stereocenters. The van der Waals surface area contributed by atoms with Crippen LogP contribution in [0.1, 0.15) is 29.9 Å². The number of hydrogen-bond donors (Lipinski definition) is 2. The zero-order chi connectivity index (χ0) is 14.4. The zero-order valence-electron chi connectivity index (χ0n) is 12.2. The Labute approximate surface area is 125 Å². The van der Waals surface area contributed by atoms with E-state index in [0.29, 0.717) is 11.8 Å². The summed E-state index contributed by atoms with van der Waals surface area (Å²) in [5.41, 5.74) is 2.42. The van der Waals surface area contributed by atoms with E-state index in [1.54, 1.807) is 0 Å². The molecule has 2 aliphatic heterocycles. The van der Waals surface area contributed by atoms with E-state index in [1.807, 2.05) is 17.0 Å². The van der Waals surface area contributed by atoms with Gasteiger partial charge in [-0.15, -0.1) is 0 Å². The highest BCUT2D eigenvalue weighted by atomic mass is 16.3. The van der Waals surface area contributed by atoms with E-state index < -0.39 is 0 Å². The summed E-state index contributed by atoms with van der Waals surface area (Å²) >= 11 is 0. The molecule has 1 aromatic rings. The fourth-order valence-electron chi connectivity index (χ4n) is 4.35. The van der Waals surface area contributed by atoms with Gasteiger partial charge in [0.15, 0.2) is 0 Å². The second-order valence-corrected chi connectivity index (χ2v) is 6.69. The summed E-state index contributed by atoms with van der Waals surface area (Å²) in [7, 11) is 0. The summed E-state index contributed by atoms with van der Waals surface area (Å²) < 4.78 is 0. The number of amides is 1. The number of rotatable bonds is 1. The van der Waals surface area contributed by atoms with E-state index in [1.165, 1.54) is 11.1 Å². The van der Waals surface area contributed by atoms with Gasteiger partial charge in [0.2, 0.25) is 5.91 Å². The van der Waals surface area contributed by atoms with Gasteiger partial charge in [0.05, 0.1) is 12.0 Å². The third kappa shape index (κ3) is 2.17. The van der Waals surface area contributed by atoms with Crippen LogP contribution in [0.3, 0.4) is 0 Å². The number of fused-ring (bicyclic) bond motifs is 2. The van der Waals surface area contributed by atoms with E-state index in [2.05, 4.69) is 17.4 Å². The Kier molecular flexibility index (Phi) is 3.23. The molecule has 2 heterocycles. The molecule has 1 aliphatic carbocycles. The normalized spacial score (nSPS) is 34.6. The quantitative estimate of drug-likeness (QED) is 0.813. The number of hydrogen-bond acceptors (Lipinski definition) is 3. The molecule has 4 nitrogen and oxygen atoms in total. The van der Waals surface area contributed by atoms with Crippen molar-refractivity contribution in [2.75, 3.05) is 19.6 Å². The number of aliphatic hydroxyl groups excluding tert-OH is 1. The van der Waals surface area contributed by atoms with Crippen LogP contribution in [0.2, 0.25) is 0 Å². The number of nitrogens with one attached hydrogen (secondary N) is 1. The molecule has 4 heteroatoms. The van der Waals surface area contributed by atoms with Gasteiger partial charge < -0.3 is 15.3 Å². The van der Waals surface area contributed by atoms with Crippen LogP contribution in [0.5, 0.6) is 0 Å². The molecule has 0 bridgehead atoms. The molecular formula is C17H22N2O2. The standard InChI is InChI=1S/C17H22N2O2/c20-16-6-5-12-9-19(10-15(12)16)17(21)14-8-18-7-11-3-1-2-4-13(11)14/h1-4,12,14-16,18,20H,5-10H2. The van der Waals surface area contributed by atoms with Crippen molar-refractivity contribution in [1.29, 1.82) is 0 Å². The second-order valence-electron chi connectivity index (χ2n) is 6.69. The van der Waals surface area contributed by atoms with Gasteiger partial charge in [0.1, 0.15) is 0 Å². The third-order valence-electron chi connectivity index (χ3n) is 5.52. The van der Waals surface area contributed by atoms with Gasteiger partial charge in [-0.25, -0.2) is 0 Å². The lowest BCUT2D eigenvalue weighted by atomic mass is 9.90. The molecule has 3 aliphatic rings. The SMILES string of the molecule is O=C(C1CNCc2ccccc21)N1CC2CCC(O)C2C1. The monoisotopic (exact) mass is 286 g/mol. The average Bonchev–Trinajstić information content (AvgIpc) is 3.08. The van der Waals surface area contributed by atoms with Crippen molar-refractivity contribution < 1.29 is 9.90 Å². The Morgan fingerprint density at radius 2 is 2.10 bits per heavy atom. The van der Waals surface area contributed by atoms with E-state index in [-0.39, 0.29) is 17.9 Å². The van der Waals surface area contributed by atoms with Gasteiger partial charge in [-0.1, -0.05) is 24.3 Å². The maximum Gasteiger partial charge on any atom is 0.231 e. The Morgan fingerprint density at radius 1 is 1.24 bits per heavy atom. The van der Waals surface area contributed by atoms with Crippen molar-refractivity contribution in [3.05, 3.63) is 35.4 Å². The van der Waals surface area contributed by atoms with Gasteiger partial charge in [-0.2, -0.15) is 0 Å². The minimum atomic E-state index is -0.204. The molecule has 0 aromatic heterocycles.